The van der Waals surface area contributed by atoms with Gasteiger partial charge in [0, 0.05) is 17.9 Å². The maximum atomic E-state index is 13.0. The van der Waals surface area contributed by atoms with Crippen LogP contribution in [-0.2, 0) is 0 Å². The Hall–Kier alpha value is -1.36. The SMILES string of the molecule is COc1ccccc1C(=O)N1CCSC1c1cccc(Cl)c1Cl. The lowest BCUT2D eigenvalue weighted by molar-refractivity contribution is 0.0757. The molecule has 2 aromatic carbocycles. The van der Waals surface area contributed by atoms with Crippen molar-refractivity contribution in [3.05, 3.63) is 63.6 Å². The molecule has 3 nitrogen and oxygen atoms in total. The van der Waals surface area contributed by atoms with Crippen molar-refractivity contribution in [3.63, 3.8) is 0 Å². The molecule has 0 saturated carbocycles. The van der Waals surface area contributed by atoms with Crippen LogP contribution in [0.5, 0.6) is 5.75 Å². The van der Waals surface area contributed by atoms with Gasteiger partial charge in [0.1, 0.15) is 11.1 Å². The summed E-state index contributed by atoms with van der Waals surface area (Å²) in [5.41, 5.74) is 1.42. The second-order valence-electron chi connectivity index (χ2n) is 5.07. The molecular weight excluding hydrogens is 353 g/mol. The van der Waals surface area contributed by atoms with Crippen LogP contribution in [0, 0.1) is 0 Å². The van der Waals surface area contributed by atoms with E-state index < -0.39 is 0 Å². The van der Waals surface area contributed by atoms with Crippen molar-refractivity contribution in [1.29, 1.82) is 0 Å². The molecule has 2 aromatic rings. The lowest BCUT2D eigenvalue weighted by Crippen LogP contribution is -2.30. The Morgan fingerprint density at radius 1 is 1.22 bits per heavy atom. The Morgan fingerprint density at radius 3 is 2.78 bits per heavy atom. The molecule has 0 radical (unpaired) electrons. The van der Waals surface area contributed by atoms with Crippen LogP contribution < -0.4 is 4.74 Å². The molecule has 1 fully saturated rings. The van der Waals surface area contributed by atoms with E-state index in [1.165, 1.54) is 0 Å². The van der Waals surface area contributed by atoms with Crippen molar-refractivity contribution in [2.24, 2.45) is 0 Å². The summed E-state index contributed by atoms with van der Waals surface area (Å²) in [7, 11) is 1.57. The summed E-state index contributed by atoms with van der Waals surface area (Å²) in [5, 5.41) is 0.867. The van der Waals surface area contributed by atoms with Gasteiger partial charge >= 0.3 is 0 Å². The molecular formula is C17H15Cl2NO2S. The van der Waals surface area contributed by atoms with Gasteiger partial charge in [-0.2, -0.15) is 0 Å². The molecule has 6 heteroatoms. The largest absolute Gasteiger partial charge is 0.496 e. The minimum atomic E-state index is -0.140. The van der Waals surface area contributed by atoms with Gasteiger partial charge in [-0.1, -0.05) is 47.5 Å². The van der Waals surface area contributed by atoms with Crippen LogP contribution in [0.3, 0.4) is 0 Å². The smallest absolute Gasteiger partial charge is 0.258 e. The zero-order valence-corrected chi connectivity index (χ0v) is 14.8. The Kier molecular flexibility index (Phi) is 5.05. The first-order valence-electron chi connectivity index (χ1n) is 7.13. The highest BCUT2D eigenvalue weighted by atomic mass is 35.5. The molecule has 1 amide bonds. The predicted octanol–water partition coefficient (Wildman–Crippen LogP) is 4.89. The number of hydrogen-bond acceptors (Lipinski definition) is 3. The van der Waals surface area contributed by atoms with E-state index in [0.29, 0.717) is 27.9 Å². The number of benzene rings is 2. The van der Waals surface area contributed by atoms with E-state index in [0.717, 1.165) is 11.3 Å². The third-order valence-corrected chi connectivity index (χ3v) is 5.81. The number of halogens is 2. The number of thioether (sulfide) groups is 1. The standard InChI is InChI=1S/C17H15Cl2NO2S/c1-22-14-8-3-2-5-11(14)16(21)20-9-10-23-17(20)12-6-4-7-13(18)15(12)19/h2-8,17H,9-10H2,1H3. The minimum absolute atomic E-state index is 0.0616. The van der Waals surface area contributed by atoms with Crippen molar-refractivity contribution < 1.29 is 9.53 Å². The van der Waals surface area contributed by atoms with E-state index in [1.807, 2.05) is 29.2 Å². The second kappa shape index (κ2) is 7.04. The molecule has 1 aliphatic heterocycles. The third kappa shape index (κ3) is 3.16. The maximum Gasteiger partial charge on any atom is 0.258 e. The molecule has 1 saturated heterocycles. The lowest BCUT2D eigenvalue weighted by atomic mass is 10.1. The van der Waals surface area contributed by atoms with Crippen LogP contribution in [0.2, 0.25) is 10.0 Å². The van der Waals surface area contributed by atoms with Crippen LogP contribution >= 0.6 is 35.0 Å². The fraction of sp³-hybridized carbons (Fsp3) is 0.235. The van der Waals surface area contributed by atoms with Crippen LogP contribution in [0.1, 0.15) is 21.3 Å². The predicted molar refractivity (Wildman–Crippen MR) is 95.7 cm³/mol. The van der Waals surface area contributed by atoms with Gasteiger partial charge in [0.25, 0.3) is 5.91 Å². The third-order valence-electron chi connectivity index (χ3n) is 3.74. The number of ether oxygens (including phenoxy) is 1. The van der Waals surface area contributed by atoms with Gasteiger partial charge < -0.3 is 9.64 Å². The van der Waals surface area contributed by atoms with E-state index in [2.05, 4.69) is 0 Å². The van der Waals surface area contributed by atoms with Crippen molar-refractivity contribution in [2.75, 3.05) is 19.4 Å². The summed E-state index contributed by atoms with van der Waals surface area (Å²) in [5.74, 6) is 1.37. The first-order chi connectivity index (χ1) is 11.1. The highest BCUT2D eigenvalue weighted by Crippen LogP contribution is 2.43. The monoisotopic (exact) mass is 367 g/mol. The summed E-state index contributed by atoms with van der Waals surface area (Å²) < 4.78 is 5.31. The van der Waals surface area contributed by atoms with Crippen molar-refractivity contribution >= 4 is 40.9 Å². The number of hydrogen-bond donors (Lipinski definition) is 0. The van der Waals surface area contributed by atoms with Gasteiger partial charge in [0.15, 0.2) is 0 Å². The maximum absolute atomic E-state index is 13.0. The molecule has 23 heavy (non-hydrogen) atoms. The van der Waals surface area contributed by atoms with Crippen LogP contribution in [0.4, 0.5) is 0 Å². The van der Waals surface area contributed by atoms with E-state index in [9.17, 15) is 4.79 Å². The molecule has 0 N–H and O–H groups in total. The van der Waals surface area contributed by atoms with Crippen molar-refractivity contribution in [2.45, 2.75) is 5.37 Å². The van der Waals surface area contributed by atoms with Gasteiger partial charge in [0.2, 0.25) is 0 Å². The van der Waals surface area contributed by atoms with E-state index in [4.69, 9.17) is 27.9 Å². The van der Waals surface area contributed by atoms with E-state index in [-0.39, 0.29) is 11.3 Å². The fourth-order valence-corrected chi connectivity index (χ4v) is 4.38. The highest BCUT2D eigenvalue weighted by molar-refractivity contribution is 7.99. The summed E-state index contributed by atoms with van der Waals surface area (Å²) in [4.78, 5) is 14.8. The number of amides is 1. The number of carbonyl (C=O) groups is 1. The molecule has 3 rings (SSSR count). The van der Waals surface area contributed by atoms with Gasteiger partial charge in [-0.15, -0.1) is 11.8 Å². The van der Waals surface area contributed by atoms with Gasteiger partial charge in [-0.3, -0.25) is 4.79 Å². The summed E-state index contributed by atoms with van der Waals surface area (Å²) in [6, 6.07) is 12.8. The summed E-state index contributed by atoms with van der Waals surface area (Å²) in [6.07, 6.45) is 0. The molecule has 1 unspecified atom stereocenters. The average molecular weight is 368 g/mol. The number of para-hydroxylation sites is 1. The summed E-state index contributed by atoms with van der Waals surface area (Å²) >= 11 is 14.1. The lowest BCUT2D eigenvalue weighted by Gasteiger charge is -2.25. The number of carbonyl (C=O) groups excluding carboxylic acids is 1. The Labute approximate surface area is 149 Å². The number of nitrogens with zero attached hydrogens (tertiary/aromatic N) is 1. The number of methoxy groups -OCH3 is 1. The fourth-order valence-electron chi connectivity index (χ4n) is 2.62. The zero-order chi connectivity index (χ0) is 16.4. The van der Waals surface area contributed by atoms with Crippen LogP contribution in [0.25, 0.3) is 0 Å². The highest BCUT2D eigenvalue weighted by Gasteiger charge is 2.33. The normalized spacial score (nSPS) is 17.3. The van der Waals surface area contributed by atoms with Crippen LogP contribution in [-0.4, -0.2) is 30.2 Å². The van der Waals surface area contributed by atoms with Gasteiger partial charge in [-0.25, -0.2) is 0 Å². The summed E-state index contributed by atoms with van der Waals surface area (Å²) in [6.45, 7) is 0.662. The second-order valence-corrected chi connectivity index (χ2v) is 7.04. The molecule has 1 aliphatic rings. The van der Waals surface area contributed by atoms with Gasteiger partial charge in [-0.05, 0) is 18.2 Å². The van der Waals surface area contributed by atoms with Crippen LogP contribution in [0.15, 0.2) is 42.5 Å². The first kappa shape index (κ1) is 16.5. The van der Waals surface area contributed by atoms with Crippen molar-refractivity contribution in [3.8, 4) is 5.75 Å². The van der Waals surface area contributed by atoms with Crippen molar-refractivity contribution in [1.82, 2.24) is 4.90 Å². The quantitative estimate of drug-likeness (QED) is 0.773. The zero-order valence-electron chi connectivity index (χ0n) is 12.5. The molecule has 120 valence electrons. The topological polar surface area (TPSA) is 29.5 Å². The molecule has 0 bridgehead atoms. The van der Waals surface area contributed by atoms with E-state index in [1.54, 1.807) is 37.1 Å². The van der Waals surface area contributed by atoms with E-state index >= 15 is 0 Å². The molecule has 1 heterocycles. The molecule has 0 aromatic heterocycles. The molecule has 0 aliphatic carbocycles. The minimum Gasteiger partial charge on any atom is -0.496 e. The average Bonchev–Trinajstić information content (AvgIpc) is 3.06. The molecule has 1 atom stereocenters. The molecule has 0 spiro atoms. The number of rotatable bonds is 3. The Balaban J connectivity index is 1.95. The Morgan fingerprint density at radius 2 is 2.00 bits per heavy atom. The van der Waals surface area contributed by atoms with Gasteiger partial charge in [0.05, 0.1) is 22.7 Å². The Bertz CT molecular complexity index is 738. The first-order valence-corrected chi connectivity index (χ1v) is 8.93.